The van der Waals surface area contributed by atoms with E-state index < -0.39 is 0 Å². The van der Waals surface area contributed by atoms with Crippen LogP contribution >= 0.6 is 0 Å². The van der Waals surface area contributed by atoms with Crippen molar-refractivity contribution < 1.29 is 0 Å². The van der Waals surface area contributed by atoms with Gasteiger partial charge in [0.05, 0.1) is 0 Å². The van der Waals surface area contributed by atoms with Gasteiger partial charge in [0.1, 0.15) is 0 Å². The highest BCUT2D eigenvalue weighted by molar-refractivity contribution is 5.68. The molecule has 0 atom stereocenters. The van der Waals surface area contributed by atoms with Gasteiger partial charge in [0.15, 0.2) is 0 Å². The lowest BCUT2D eigenvalue weighted by Gasteiger charge is -2.14. The molecule has 0 aliphatic heterocycles. The molecule has 0 unspecified atom stereocenters. The second-order valence-corrected chi connectivity index (χ2v) is 4.54. The summed E-state index contributed by atoms with van der Waals surface area (Å²) in [6, 6.07) is 17.2. The molecule has 16 heavy (non-hydrogen) atoms. The molecule has 0 N–H and O–H groups in total. The van der Waals surface area contributed by atoms with Gasteiger partial charge in [0.2, 0.25) is 0 Å². The Labute approximate surface area is 97.9 Å². The van der Waals surface area contributed by atoms with Crippen molar-refractivity contribution in [2.75, 3.05) is 0 Å². The Morgan fingerprint density at radius 1 is 0.812 bits per heavy atom. The van der Waals surface area contributed by atoms with Gasteiger partial charge in [-0.05, 0) is 35.1 Å². The molecule has 0 aliphatic rings. The monoisotopic (exact) mass is 210 g/mol. The molecule has 0 nitrogen and oxygen atoms in total. The Balaban J connectivity index is 2.55. The van der Waals surface area contributed by atoms with Crippen molar-refractivity contribution in [1.82, 2.24) is 0 Å². The van der Waals surface area contributed by atoms with E-state index in [1.54, 1.807) is 0 Å². The standard InChI is InChI=1S/C16H18/c1-12(2)15-10-7-11-16(13(15)3)14-8-5-4-6-9-14/h4-12H,1-3H3. The summed E-state index contributed by atoms with van der Waals surface area (Å²) in [7, 11) is 0. The number of hydrogen-bond acceptors (Lipinski definition) is 0. The van der Waals surface area contributed by atoms with Gasteiger partial charge in [-0.2, -0.15) is 0 Å². The van der Waals surface area contributed by atoms with E-state index in [2.05, 4.69) is 69.3 Å². The summed E-state index contributed by atoms with van der Waals surface area (Å²) in [5, 5.41) is 0. The van der Waals surface area contributed by atoms with E-state index in [0.29, 0.717) is 5.92 Å². The normalized spacial score (nSPS) is 10.8. The van der Waals surface area contributed by atoms with Crippen LogP contribution in [-0.2, 0) is 0 Å². The van der Waals surface area contributed by atoms with Crippen molar-refractivity contribution in [3.8, 4) is 11.1 Å². The largest absolute Gasteiger partial charge is 0.0622 e. The van der Waals surface area contributed by atoms with Crippen LogP contribution in [0.15, 0.2) is 48.5 Å². The van der Waals surface area contributed by atoms with Crippen molar-refractivity contribution >= 4 is 0 Å². The first-order chi connectivity index (χ1) is 7.70. The zero-order chi connectivity index (χ0) is 11.5. The summed E-state index contributed by atoms with van der Waals surface area (Å²) < 4.78 is 0. The summed E-state index contributed by atoms with van der Waals surface area (Å²) in [5.41, 5.74) is 5.51. The van der Waals surface area contributed by atoms with E-state index in [-0.39, 0.29) is 0 Å². The Morgan fingerprint density at radius 3 is 2.12 bits per heavy atom. The number of benzene rings is 2. The van der Waals surface area contributed by atoms with Crippen molar-refractivity contribution in [3.05, 3.63) is 59.7 Å². The fourth-order valence-corrected chi connectivity index (χ4v) is 2.21. The zero-order valence-corrected chi connectivity index (χ0v) is 10.2. The minimum Gasteiger partial charge on any atom is -0.0622 e. The molecule has 0 fully saturated rings. The molecular weight excluding hydrogens is 192 g/mol. The number of rotatable bonds is 2. The van der Waals surface area contributed by atoms with Gasteiger partial charge in [-0.15, -0.1) is 0 Å². The lowest BCUT2D eigenvalue weighted by molar-refractivity contribution is 0.857. The maximum atomic E-state index is 2.25. The van der Waals surface area contributed by atoms with E-state index in [1.165, 1.54) is 22.3 Å². The van der Waals surface area contributed by atoms with Crippen LogP contribution in [-0.4, -0.2) is 0 Å². The van der Waals surface area contributed by atoms with Crippen LogP contribution < -0.4 is 0 Å². The predicted molar refractivity (Wildman–Crippen MR) is 70.7 cm³/mol. The SMILES string of the molecule is Cc1c(-c2ccccc2)cccc1C(C)C. The van der Waals surface area contributed by atoms with Crippen LogP contribution in [0.2, 0.25) is 0 Å². The van der Waals surface area contributed by atoms with Gasteiger partial charge in [-0.3, -0.25) is 0 Å². The first-order valence-corrected chi connectivity index (χ1v) is 5.85. The van der Waals surface area contributed by atoms with E-state index in [1.807, 2.05) is 0 Å². The van der Waals surface area contributed by atoms with Crippen molar-refractivity contribution in [2.45, 2.75) is 26.7 Å². The minimum absolute atomic E-state index is 0.587. The highest BCUT2D eigenvalue weighted by Gasteiger charge is 2.07. The molecule has 0 radical (unpaired) electrons. The fraction of sp³-hybridized carbons (Fsp3) is 0.250. The summed E-state index contributed by atoms with van der Waals surface area (Å²) in [4.78, 5) is 0. The summed E-state index contributed by atoms with van der Waals surface area (Å²) in [5.74, 6) is 0.587. The van der Waals surface area contributed by atoms with Crippen molar-refractivity contribution in [2.24, 2.45) is 0 Å². The van der Waals surface area contributed by atoms with E-state index in [0.717, 1.165) is 0 Å². The Hall–Kier alpha value is -1.56. The van der Waals surface area contributed by atoms with E-state index in [4.69, 9.17) is 0 Å². The molecule has 2 aromatic carbocycles. The summed E-state index contributed by atoms with van der Waals surface area (Å²) >= 11 is 0. The molecule has 0 spiro atoms. The molecule has 0 heterocycles. The highest BCUT2D eigenvalue weighted by atomic mass is 14.1. The second-order valence-electron chi connectivity index (χ2n) is 4.54. The maximum Gasteiger partial charge on any atom is -0.0152 e. The highest BCUT2D eigenvalue weighted by Crippen LogP contribution is 2.28. The van der Waals surface area contributed by atoms with Crippen LogP contribution in [0.5, 0.6) is 0 Å². The molecule has 2 aromatic rings. The van der Waals surface area contributed by atoms with Crippen LogP contribution in [0, 0.1) is 6.92 Å². The van der Waals surface area contributed by atoms with Crippen LogP contribution in [0.3, 0.4) is 0 Å². The molecule has 0 aromatic heterocycles. The molecule has 2 rings (SSSR count). The Kier molecular flexibility index (Phi) is 3.09. The van der Waals surface area contributed by atoms with Crippen LogP contribution in [0.1, 0.15) is 30.9 Å². The molecule has 0 bridgehead atoms. The van der Waals surface area contributed by atoms with Gasteiger partial charge in [0.25, 0.3) is 0 Å². The van der Waals surface area contributed by atoms with Crippen LogP contribution in [0.4, 0.5) is 0 Å². The van der Waals surface area contributed by atoms with E-state index in [9.17, 15) is 0 Å². The lowest BCUT2D eigenvalue weighted by atomic mass is 9.91. The number of hydrogen-bond donors (Lipinski definition) is 0. The molecule has 82 valence electrons. The van der Waals surface area contributed by atoms with Crippen molar-refractivity contribution in [3.63, 3.8) is 0 Å². The van der Waals surface area contributed by atoms with Gasteiger partial charge in [-0.1, -0.05) is 62.4 Å². The fourth-order valence-electron chi connectivity index (χ4n) is 2.21. The predicted octanol–water partition coefficient (Wildman–Crippen LogP) is 4.79. The Morgan fingerprint density at radius 2 is 1.50 bits per heavy atom. The third-order valence-corrected chi connectivity index (χ3v) is 3.08. The third kappa shape index (κ3) is 2.01. The molecule has 0 aliphatic carbocycles. The molecule has 0 saturated heterocycles. The first-order valence-electron chi connectivity index (χ1n) is 5.85. The maximum absolute atomic E-state index is 2.25. The van der Waals surface area contributed by atoms with Gasteiger partial charge in [0, 0.05) is 0 Å². The minimum atomic E-state index is 0.587. The Bertz CT molecular complexity index is 467. The molecular formula is C16H18. The lowest BCUT2D eigenvalue weighted by Crippen LogP contribution is -1.94. The zero-order valence-electron chi connectivity index (χ0n) is 10.2. The summed E-state index contributed by atoms with van der Waals surface area (Å²) in [6.45, 7) is 6.71. The van der Waals surface area contributed by atoms with Crippen molar-refractivity contribution in [1.29, 1.82) is 0 Å². The molecule has 0 saturated carbocycles. The smallest absolute Gasteiger partial charge is 0.0152 e. The molecule has 0 heteroatoms. The third-order valence-electron chi connectivity index (χ3n) is 3.08. The van der Waals surface area contributed by atoms with Crippen LogP contribution in [0.25, 0.3) is 11.1 Å². The first kappa shape index (κ1) is 10.9. The van der Waals surface area contributed by atoms with E-state index >= 15 is 0 Å². The van der Waals surface area contributed by atoms with Gasteiger partial charge >= 0.3 is 0 Å². The average Bonchev–Trinajstić information content (AvgIpc) is 2.30. The summed E-state index contributed by atoms with van der Waals surface area (Å²) in [6.07, 6.45) is 0. The topological polar surface area (TPSA) is 0 Å². The quantitative estimate of drug-likeness (QED) is 0.668. The second kappa shape index (κ2) is 4.52. The van der Waals surface area contributed by atoms with Gasteiger partial charge in [-0.25, -0.2) is 0 Å². The van der Waals surface area contributed by atoms with Gasteiger partial charge < -0.3 is 0 Å². The average molecular weight is 210 g/mol. The molecule has 0 amide bonds.